The van der Waals surface area contributed by atoms with Gasteiger partial charge in [-0.2, -0.15) is 0 Å². The summed E-state index contributed by atoms with van der Waals surface area (Å²) in [6.45, 7) is 6.02. The second kappa shape index (κ2) is 8.43. The quantitative estimate of drug-likeness (QED) is 0.473. The molecule has 3 N–H and O–H groups in total. The minimum absolute atomic E-state index is 0.0581. The number of fused-ring (bicyclic) bond motifs is 2. The summed E-state index contributed by atoms with van der Waals surface area (Å²) in [5.74, 6) is -1.25. The maximum Gasteiger partial charge on any atom is 0.264 e. The Morgan fingerprint density at radius 1 is 1.22 bits per heavy atom. The number of aryl methyl sites for hydroxylation is 1. The molecule has 3 aromatic rings. The van der Waals surface area contributed by atoms with Gasteiger partial charge in [0.1, 0.15) is 23.9 Å². The van der Waals surface area contributed by atoms with Crippen molar-refractivity contribution in [1.29, 1.82) is 0 Å². The molecule has 0 aliphatic carbocycles. The van der Waals surface area contributed by atoms with Gasteiger partial charge < -0.3 is 15.1 Å². The summed E-state index contributed by atoms with van der Waals surface area (Å²) in [4.78, 5) is 68.1. The highest BCUT2D eigenvalue weighted by Crippen LogP contribution is 2.30. The highest BCUT2D eigenvalue weighted by molar-refractivity contribution is 6.14. The molecule has 1 atom stereocenters. The van der Waals surface area contributed by atoms with Gasteiger partial charge in [0.25, 0.3) is 17.4 Å². The predicted octanol–water partition coefficient (Wildman–Crippen LogP) is 1.84. The highest BCUT2D eigenvalue weighted by atomic mass is 16.3. The average molecular weight is 492 g/mol. The zero-order chi connectivity index (χ0) is 25.8. The summed E-state index contributed by atoms with van der Waals surface area (Å²) >= 11 is 0. The number of aromatic nitrogens is 2. The van der Waals surface area contributed by atoms with E-state index in [4.69, 9.17) is 4.42 Å². The minimum atomic E-state index is -0.896. The maximum atomic E-state index is 13.6. The van der Waals surface area contributed by atoms with Crippen LogP contribution in [0, 0.1) is 12.3 Å². The Morgan fingerprint density at radius 3 is 2.75 bits per heavy atom. The Kier molecular flexibility index (Phi) is 5.50. The van der Waals surface area contributed by atoms with Crippen LogP contribution < -0.4 is 21.5 Å². The number of nitrogens with zero attached hydrogens (tertiary/aromatic N) is 2. The topological polar surface area (TPSA) is 152 Å². The standard InChI is InChI=1S/C25H25N5O6/c1-12-27-14-5-4-6-15(20(14)24(35)30(12)16-7-8-18(31)29-22(16)33)28-21(32)13-10-36-17-9-25(2,3)11-26-23(34)19(13)17/h4-6,10,16H,7-9,11H2,1-3H3,(H,26,34)(H,28,32)(H,29,31,33). The first-order valence-electron chi connectivity index (χ1n) is 11.6. The molecule has 2 aliphatic heterocycles. The van der Waals surface area contributed by atoms with Gasteiger partial charge in [-0.25, -0.2) is 4.98 Å². The molecule has 186 valence electrons. The van der Waals surface area contributed by atoms with Gasteiger partial charge in [-0.1, -0.05) is 19.9 Å². The fourth-order valence-electron chi connectivity index (χ4n) is 4.79. The molecule has 2 aliphatic rings. The third-order valence-corrected chi connectivity index (χ3v) is 6.58. The molecule has 1 fully saturated rings. The van der Waals surface area contributed by atoms with Crippen molar-refractivity contribution in [3.05, 3.63) is 57.5 Å². The van der Waals surface area contributed by atoms with E-state index >= 15 is 0 Å². The monoisotopic (exact) mass is 491 g/mol. The maximum absolute atomic E-state index is 13.6. The Balaban J connectivity index is 1.55. The summed E-state index contributed by atoms with van der Waals surface area (Å²) in [7, 11) is 0. The summed E-state index contributed by atoms with van der Waals surface area (Å²) in [5, 5.41) is 7.92. The molecule has 5 rings (SSSR count). The van der Waals surface area contributed by atoms with Crippen molar-refractivity contribution >= 4 is 40.2 Å². The van der Waals surface area contributed by atoms with Gasteiger partial charge in [0, 0.05) is 19.4 Å². The van der Waals surface area contributed by atoms with Crippen LogP contribution in [0.25, 0.3) is 10.9 Å². The molecular weight excluding hydrogens is 466 g/mol. The van der Waals surface area contributed by atoms with Gasteiger partial charge in [-0.15, -0.1) is 0 Å². The predicted molar refractivity (Wildman–Crippen MR) is 129 cm³/mol. The van der Waals surface area contributed by atoms with E-state index in [1.54, 1.807) is 25.1 Å². The second-order valence-corrected chi connectivity index (χ2v) is 9.93. The molecule has 1 unspecified atom stereocenters. The summed E-state index contributed by atoms with van der Waals surface area (Å²) in [6.07, 6.45) is 1.99. The van der Waals surface area contributed by atoms with Crippen LogP contribution in [0.1, 0.15) is 65.0 Å². The van der Waals surface area contributed by atoms with Crippen molar-refractivity contribution in [3.8, 4) is 0 Å². The summed E-state index contributed by atoms with van der Waals surface area (Å²) in [6, 6.07) is 3.93. The van der Waals surface area contributed by atoms with Crippen molar-refractivity contribution in [3.63, 3.8) is 0 Å². The van der Waals surface area contributed by atoms with Crippen LogP contribution in [0.5, 0.6) is 0 Å². The lowest BCUT2D eigenvalue weighted by Crippen LogP contribution is -2.45. The fourth-order valence-corrected chi connectivity index (χ4v) is 4.79. The minimum Gasteiger partial charge on any atom is -0.468 e. The van der Waals surface area contributed by atoms with Crippen LogP contribution in [0.4, 0.5) is 5.69 Å². The lowest BCUT2D eigenvalue weighted by Gasteiger charge is -2.24. The van der Waals surface area contributed by atoms with Gasteiger partial charge >= 0.3 is 0 Å². The molecule has 0 spiro atoms. The van der Waals surface area contributed by atoms with Crippen molar-refractivity contribution in [2.45, 2.75) is 46.1 Å². The number of nitrogens with one attached hydrogen (secondary N) is 3. The number of imide groups is 1. The van der Waals surface area contributed by atoms with E-state index in [0.717, 1.165) is 0 Å². The Bertz CT molecular complexity index is 1520. The number of rotatable bonds is 3. The number of amides is 4. The van der Waals surface area contributed by atoms with Crippen molar-refractivity contribution in [1.82, 2.24) is 20.2 Å². The molecule has 1 saturated heterocycles. The van der Waals surface area contributed by atoms with E-state index in [0.29, 0.717) is 30.1 Å². The van der Waals surface area contributed by atoms with Crippen molar-refractivity contribution in [2.24, 2.45) is 5.41 Å². The van der Waals surface area contributed by atoms with E-state index in [1.807, 2.05) is 13.8 Å². The van der Waals surface area contributed by atoms with Gasteiger partial charge in [0.2, 0.25) is 11.8 Å². The Labute approximate surface area is 205 Å². The SMILES string of the molecule is Cc1nc2cccc(NC(=O)c3coc4c3C(=O)NCC(C)(C)C4)c2c(=O)n1C1CCC(=O)NC1=O. The van der Waals surface area contributed by atoms with Crippen molar-refractivity contribution < 1.29 is 23.6 Å². The van der Waals surface area contributed by atoms with E-state index in [2.05, 4.69) is 20.9 Å². The van der Waals surface area contributed by atoms with Gasteiger partial charge in [-0.3, -0.25) is 33.9 Å². The van der Waals surface area contributed by atoms with E-state index in [1.165, 1.54) is 10.8 Å². The number of benzene rings is 1. The molecule has 1 aromatic carbocycles. The van der Waals surface area contributed by atoms with Crippen LogP contribution in [0.3, 0.4) is 0 Å². The Hall–Kier alpha value is -4.28. The van der Waals surface area contributed by atoms with Crippen molar-refractivity contribution in [2.75, 3.05) is 11.9 Å². The third-order valence-electron chi connectivity index (χ3n) is 6.58. The lowest BCUT2D eigenvalue weighted by atomic mass is 9.88. The van der Waals surface area contributed by atoms with E-state index < -0.39 is 35.2 Å². The highest BCUT2D eigenvalue weighted by Gasteiger charge is 2.34. The number of carbonyl (C=O) groups is 4. The van der Waals surface area contributed by atoms with Crippen LogP contribution in [-0.2, 0) is 16.0 Å². The normalized spacial score (nSPS) is 19.3. The number of carbonyl (C=O) groups excluding carboxylic acids is 4. The first kappa shape index (κ1) is 23.5. The number of anilines is 1. The first-order chi connectivity index (χ1) is 17.1. The lowest BCUT2D eigenvalue weighted by molar-refractivity contribution is -0.135. The van der Waals surface area contributed by atoms with E-state index in [-0.39, 0.29) is 40.5 Å². The molecule has 0 bridgehead atoms. The molecule has 36 heavy (non-hydrogen) atoms. The largest absolute Gasteiger partial charge is 0.468 e. The van der Waals surface area contributed by atoms with Gasteiger partial charge in [0.15, 0.2) is 0 Å². The molecule has 11 heteroatoms. The molecule has 0 radical (unpaired) electrons. The zero-order valence-corrected chi connectivity index (χ0v) is 20.1. The number of hydrogen-bond acceptors (Lipinski definition) is 7. The molecule has 11 nitrogen and oxygen atoms in total. The average Bonchev–Trinajstić information content (AvgIpc) is 3.17. The van der Waals surface area contributed by atoms with Crippen LogP contribution in [0.15, 0.2) is 33.7 Å². The molecule has 2 aromatic heterocycles. The number of piperidine rings is 1. The smallest absolute Gasteiger partial charge is 0.264 e. The van der Waals surface area contributed by atoms with Crippen LogP contribution >= 0.6 is 0 Å². The number of hydrogen-bond donors (Lipinski definition) is 3. The van der Waals surface area contributed by atoms with Crippen LogP contribution in [-0.4, -0.2) is 39.7 Å². The van der Waals surface area contributed by atoms with Crippen LogP contribution in [0.2, 0.25) is 0 Å². The zero-order valence-electron chi connectivity index (χ0n) is 20.1. The molecular formula is C25H25N5O6. The summed E-state index contributed by atoms with van der Waals surface area (Å²) in [5.41, 5.74) is -0.0126. The van der Waals surface area contributed by atoms with E-state index in [9.17, 15) is 24.0 Å². The Morgan fingerprint density at radius 2 is 2.00 bits per heavy atom. The third kappa shape index (κ3) is 3.96. The fraction of sp³-hybridized carbons (Fsp3) is 0.360. The van der Waals surface area contributed by atoms with Gasteiger partial charge in [0.05, 0.1) is 27.7 Å². The molecule has 4 amide bonds. The molecule has 4 heterocycles. The van der Waals surface area contributed by atoms with Gasteiger partial charge in [-0.05, 0) is 30.9 Å². The second-order valence-electron chi connectivity index (χ2n) is 9.93. The summed E-state index contributed by atoms with van der Waals surface area (Å²) < 4.78 is 6.86. The first-order valence-corrected chi connectivity index (χ1v) is 11.6. The number of furan rings is 1. The molecule has 0 saturated carbocycles.